The van der Waals surface area contributed by atoms with E-state index in [0.717, 1.165) is 0 Å². The molecule has 0 saturated heterocycles. The standard InChI is InChI=1S/C13H9Cl2NO2/c14-10-7-11(15)12(16)6-9(10)13(17)18-8-4-2-1-3-5-8/h1-7H,16H2. The van der Waals surface area contributed by atoms with Crippen molar-refractivity contribution in [1.29, 1.82) is 0 Å². The number of carbonyl (C=O) groups excluding carboxylic acids is 1. The van der Waals surface area contributed by atoms with Crippen LogP contribution < -0.4 is 10.5 Å². The zero-order valence-corrected chi connectivity index (χ0v) is 10.7. The van der Waals surface area contributed by atoms with Crippen LogP contribution in [0.15, 0.2) is 42.5 Å². The molecule has 0 amide bonds. The highest BCUT2D eigenvalue weighted by Gasteiger charge is 2.15. The second-order valence-electron chi connectivity index (χ2n) is 3.56. The predicted octanol–water partition coefficient (Wildman–Crippen LogP) is 3.79. The van der Waals surface area contributed by atoms with Crippen LogP contribution in [0.2, 0.25) is 10.0 Å². The van der Waals surface area contributed by atoms with Crippen molar-refractivity contribution in [3.63, 3.8) is 0 Å². The first kappa shape index (κ1) is 12.7. The van der Waals surface area contributed by atoms with E-state index in [4.69, 9.17) is 33.7 Å². The lowest BCUT2D eigenvalue weighted by atomic mass is 10.2. The Balaban J connectivity index is 2.27. The first-order valence-electron chi connectivity index (χ1n) is 5.09. The van der Waals surface area contributed by atoms with Gasteiger partial charge in [-0.15, -0.1) is 0 Å². The van der Waals surface area contributed by atoms with Gasteiger partial charge in [0.1, 0.15) is 5.75 Å². The minimum Gasteiger partial charge on any atom is -0.423 e. The van der Waals surface area contributed by atoms with Crippen molar-refractivity contribution in [2.75, 3.05) is 5.73 Å². The maximum Gasteiger partial charge on any atom is 0.345 e. The molecular formula is C13H9Cl2NO2. The Bertz CT molecular complexity index is 585. The summed E-state index contributed by atoms with van der Waals surface area (Å²) in [5, 5.41) is 0.506. The molecule has 92 valence electrons. The molecule has 0 aliphatic rings. The van der Waals surface area contributed by atoms with E-state index < -0.39 is 5.97 Å². The highest BCUT2D eigenvalue weighted by Crippen LogP contribution is 2.28. The van der Waals surface area contributed by atoms with E-state index >= 15 is 0 Å². The molecule has 0 aromatic heterocycles. The number of esters is 1. The van der Waals surface area contributed by atoms with E-state index in [9.17, 15) is 4.79 Å². The zero-order valence-electron chi connectivity index (χ0n) is 9.19. The fourth-order valence-electron chi connectivity index (χ4n) is 1.37. The van der Waals surface area contributed by atoms with Gasteiger partial charge in [0.2, 0.25) is 0 Å². The van der Waals surface area contributed by atoms with E-state index in [1.54, 1.807) is 24.3 Å². The molecule has 0 atom stereocenters. The van der Waals surface area contributed by atoms with Crippen molar-refractivity contribution in [2.24, 2.45) is 0 Å². The molecule has 5 heteroatoms. The Morgan fingerprint density at radius 3 is 2.39 bits per heavy atom. The van der Waals surface area contributed by atoms with Gasteiger partial charge in [-0.3, -0.25) is 0 Å². The van der Waals surface area contributed by atoms with Gasteiger partial charge in [-0.25, -0.2) is 4.79 Å². The number of halogens is 2. The molecule has 0 bridgehead atoms. The summed E-state index contributed by atoms with van der Waals surface area (Å²) in [7, 11) is 0. The summed E-state index contributed by atoms with van der Waals surface area (Å²) in [6.45, 7) is 0. The van der Waals surface area contributed by atoms with E-state index in [1.807, 2.05) is 6.07 Å². The largest absolute Gasteiger partial charge is 0.423 e. The predicted molar refractivity (Wildman–Crippen MR) is 72.3 cm³/mol. The number of hydrogen-bond acceptors (Lipinski definition) is 3. The Morgan fingerprint density at radius 1 is 1.06 bits per heavy atom. The van der Waals surface area contributed by atoms with Crippen molar-refractivity contribution < 1.29 is 9.53 Å². The van der Waals surface area contributed by atoms with Crippen LogP contribution in [0, 0.1) is 0 Å². The van der Waals surface area contributed by atoms with Crippen LogP contribution in [-0.2, 0) is 0 Å². The number of carbonyl (C=O) groups is 1. The molecule has 0 spiro atoms. The molecule has 3 nitrogen and oxygen atoms in total. The Hall–Kier alpha value is -1.71. The lowest BCUT2D eigenvalue weighted by Crippen LogP contribution is -2.09. The van der Waals surface area contributed by atoms with Crippen LogP contribution in [0.5, 0.6) is 5.75 Å². The van der Waals surface area contributed by atoms with Crippen molar-refractivity contribution in [2.45, 2.75) is 0 Å². The number of nitrogens with two attached hydrogens (primary N) is 1. The summed E-state index contributed by atoms with van der Waals surface area (Å²) in [5.41, 5.74) is 6.08. The third-order valence-electron chi connectivity index (χ3n) is 2.26. The minimum absolute atomic E-state index is 0.183. The summed E-state index contributed by atoms with van der Waals surface area (Å²) in [6, 6.07) is 11.5. The smallest absolute Gasteiger partial charge is 0.345 e. The van der Waals surface area contributed by atoms with E-state index in [0.29, 0.717) is 10.8 Å². The minimum atomic E-state index is -0.574. The lowest BCUT2D eigenvalue weighted by molar-refractivity contribution is 0.0735. The highest BCUT2D eigenvalue weighted by atomic mass is 35.5. The number of ether oxygens (including phenoxy) is 1. The maximum absolute atomic E-state index is 11.9. The van der Waals surface area contributed by atoms with Gasteiger partial charge >= 0.3 is 5.97 Å². The number of rotatable bonds is 2. The normalized spacial score (nSPS) is 10.1. The average molecular weight is 282 g/mol. The quantitative estimate of drug-likeness (QED) is 0.518. The molecular weight excluding hydrogens is 273 g/mol. The Kier molecular flexibility index (Phi) is 3.75. The average Bonchev–Trinajstić information content (AvgIpc) is 2.35. The second kappa shape index (κ2) is 5.29. The van der Waals surface area contributed by atoms with E-state index in [2.05, 4.69) is 0 Å². The number of nitrogen functional groups attached to an aromatic ring is 1. The Morgan fingerprint density at radius 2 is 1.72 bits per heavy atom. The van der Waals surface area contributed by atoms with Gasteiger partial charge in [-0.1, -0.05) is 41.4 Å². The molecule has 0 unspecified atom stereocenters. The fourth-order valence-corrected chi connectivity index (χ4v) is 1.83. The number of hydrogen-bond donors (Lipinski definition) is 1. The number of para-hydroxylation sites is 1. The van der Waals surface area contributed by atoms with Crippen LogP contribution in [0.25, 0.3) is 0 Å². The van der Waals surface area contributed by atoms with Crippen molar-refractivity contribution in [1.82, 2.24) is 0 Å². The van der Waals surface area contributed by atoms with Crippen LogP contribution in [0.1, 0.15) is 10.4 Å². The SMILES string of the molecule is Nc1cc(C(=O)Oc2ccccc2)c(Cl)cc1Cl. The van der Waals surface area contributed by atoms with Crippen LogP contribution in [0.4, 0.5) is 5.69 Å². The summed E-state index contributed by atoms with van der Waals surface area (Å²) >= 11 is 11.7. The third-order valence-corrected chi connectivity index (χ3v) is 2.90. The summed E-state index contributed by atoms with van der Waals surface area (Å²) in [4.78, 5) is 11.9. The number of benzene rings is 2. The molecule has 18 heavy (non-hydrogen) atoms. The molecule has 0 fully saturated rings. The Labute approximate surface area is 114 Å². The van der Waals surface area contributed by atoms with Gasteiger partial charge in [0.15, 0.2) is 0 Å². The van der Waals surface area contributed by atoms with E-state index in [-0.39, 0.29) is 16.3 Å². The molecule has 2 aromatic rings. The second-order valence-corrected chi connectivity index (χ2v) is 4.37. The van der Waals surface area contributed by atoms with Gasteiger partial charge in [-0.05, 0) is 24.3 Å². The van der Waals surface area contributed by atoms with Gasteiger partial charge in [0.25, 0.3) is 0 Å². The van der Waals surface area contributed by atoms with E-state index in [1.165, 1.54) is 12.1 Å². The third kappa shape index (κ3) is 2.75. The first-order valence-corrected chi connectivity index (χ1v) is 5.85. The topological polar surface area (TPSA) is 52.3 Å². The highest BCUT2D eigenvalue weighted by molar-refractivity contribution is 6.38. The molecule has 0 radical (unpaired) electrons. The lowest BCUT2D eigenvalue weighted by Gasteiger charge is -2.07. The fraction of sp³-hybridized carbons (Fsp3) is 0. The number of anilines is 1. The summed E-state index contributed by atoms with van der Waals surface area (Å²) in [5.74, 6) is -0.137. The van der Waals surface area contributed by atoms with Crippen molar-refractivity contribution in [3.8, 4) is 5.75 Å². The van der Waals surface area contributed by atoms with Crippen LogP contribution in [0.3, 0.4) is 0 Å². The molecule has 0 saturated carbocycles. The van der Waals surface area contributed by atoms with Gasteiger partial charge in [0.05, 0.1) is 21.3 Å². The zero-order chi connectivity index (χ0) is 13.1. The molecule has 2 rings (SSSR count). The molecule has 0 aliphatic heterocycles. The maximum atomic E-state index is 11.9. The molecule has 0 heterocycles. The monoisotopic (exact) mass is 281 g/mol. The molecule has 0 aliphatic carbocycles. The van der Waals surface area contributed by atoms with Crippen LogP contribution >= 0.6 is 23.2 Å². The van der Waals surface area contributed by atoms with Crippen molar-refractivity contribution >= 4 is 34.9 Å². The van der Waals surface area contributed by atoms with Crippen molar-refractivity contribution in [3.05, 3.63) is 58.1 Å². The summed E-state index contributed by atoms with van der Waals surface area (Å²) in [6.07, 6.45) is 0. The van der Waals surface area contributed by atoms with Gasteiger partial charge in [-0.2, -0.15) is 0 Å². The van der Waals surface area contributed by atoms with Gasteiger partial charge in [0, 0.05) is 0 Å². The molecule has 2 aromatic carbocycles. The van der Waals surface area contributed by atoms with Crippen LogP contribution in [-0.4, -0.2) is 5.97 Å². The van der Waals surface area contributed by atoms with Gasteiger partial charge < -0.3 is 10.5 Å². The first-order chi connectivity index (χ1) is 8.58. The molecule has 2 N–H and O–H groups in total. The summed E-state index contributed by atoms with van der Waals surface area (Å²) < 4.78 is 5.15.